The highest BCUT2D eigenvalue weighted by Crippen LogP contribution is 2.38. The van der Waals surface area contributed by atoms with E-state index in [-0.39, 0.29) is 16.9 Å². The van der Waals surface area contributed by atoms with Crippen LogP contribution in [0.15, 0.2) is 47.0 Å². The predicted octanol–water partition coefficient (Wildman–Crippen LogP) is 6.32. The van der Waals surface area contributed by atoms with Gasteiger partial charge >= 0.3 is 0 Å². The number of ketones is 1. The summed E-state index contributed by atoms with van der Waals surface area (Å²) in [6.07, 6.45) is 8.28. The predicted molar refractivity (Wildman–Crippen MR) is 107 cm³/mol. The molecule has 0 saturated carbocycles. The SMILES string of the molecule is C=C(C)C(=O)/C=C(\C)C[C@H](/C=C/C=C/Br)O[Si](C)(C)C(C)(C)C. The molecule has 0 aliphatic heterocycles. The van der Waals surface area contributed by atoms with Gasteiger partial charge in [0.15, 0.2) is 14.1 Å². The van der Waals surface area contributed by atoms with E-state index in [0.717, 1.165) is 5.57 Å². The van der Waals surface area contributed by atoms with Gasteiger partial charge in [-0.05, 0) is 55.0 Å². The molecule has 0 rings (SSSR count). The molecule has 0 fully saturated rings. The zero-order valence-corrected chi connectivity index (χ0v) is 18.2. The number of carbonyl (C=O) groups is 1. The first-order chi connectivity index (χ1) is 10.4. The smallest absolute Gasteiger partial charge is 0.192 e. The van der Waals surface area contributed by atoms with E-state index >= 15 is 0 Å². The summed E-state index contributed by atoms with van der Waals surface area (Å²) < 4.78 is 6.49. The van der Waals surface area contributed by atoms with E-state index in [9.17, 15) is 4.79 Å². The van der Waals surface area contributed by atoms with Gasteiger partial charge in [-0.2, -0.15) is 0 Å². The normalized spacial score (nSPS) is 15.4. The molecule has 0 aliphatic rings. The zero-order chi connectivity index (χ0) is 18.3. The molecule has 0 N–H and O–H groups in total. The van der Waals surface area contributed by atoms with Gasteiger partial charge in [0.25, 0.3) is 0 Å². The molecule has 2 nitrogen and oxygen atoms in total. The second-order valence-corrected chi connectivity index (χ2v) is 12.7. The minimum absolute atomic E-state index is 0.0158. The molecule has 0 heterocycles. The van der Waals surface area contributed by atoms with Gasteiger partial charge in [0.2, 0.25) is 0 Å². The summed E-state index contributed by atoms with van der Waals surface area (Å²) in [5, 5.41) is 0.148. The number of hydrogen-bond donors (Lipinski definition) is 0. The maximum atomic E-state index is 11.8. The molecule has 0 amide bonds. The Hall–Kier alpha value is -0.713. The van der Waals surface area contributed by atoms with E-state index in [4.69, 9.17) is 4.43 Å². The third-order valence-corrected chi connectivity index (χ3v) is 8.89. The fourth-order valence-electron chi connectivity index (χ4n) is 1.66. The Balaban J connectivity index is 5.25. The van der Waals surface area contributed by atoms with Crippen molar-refractivity contribution in [3.05, 3.63) is 47.0 Å². The second kappa shape index (κ2) is 9.55. The van der Waals surface area contributed by atoms with Gasteiger partial charge in [-0.15, -0.1) is 0 Å². The van der Waals surface area contributed by atoms with Crippen molar-refractivity contribution in [1.29, 1.82) is 0 Å². The van der Waals surface area contributed by atoms with E-state index < -0.39 is 8.32 Å². The molecule has 4 heteroatoms. The molecule has 23 heavy (non-hydrogen) atoms. The number of rotatable bonds is 8. The summed E-state index contributed by atoms with van der Waals surface area (Å²) in [6, 6.07) is 0. The standard InChI is InChI=1S/C19H31BrO2Si/c1-15(2)18(21)14-16(3)13-17(11-9-10-12-20)22-23(7,8)19(4,5)6/h9-12,14,17H,1,13H2,2-8H3/b11-9+,12-10+,16-14+/t17-/m0/s1. The van der Waals surface area contributed by atoms with Gasteiger partial charge in [-0.3, -0.25) is 4.79 Å². The average molecular weight is 399 g/mol. The third-order valence-electron chi connectivity index (χ3n) is 4.08. The van der Waals surface area contributed by atoms with Crippen molar-refractivity contribution in [2.75, 3.05) is 0 Å². The van der Waals surface area contributed by atoms with Gasteiger partial charge in [-0.1, -0.05) is 67.1 Å². The number of allylic oxidation sites excluding steroid dienone is 4. The Morgan fingerprint density at radius 2 is 1.83 bits per heavy atom. The van der Waals surface area contributed by atoms with Crippen molar-refractivity contribution in [3.8, 4) is 0 Å². The fraction of sp³-hybridized carbons (Fsp3) is 0.526. The van der Waals surface area contributed by atoms with Crippen LogP contribution in [0.3, 0.4) is 0 Å². The molecule has 0 radical (unpaired) electrons. The lowest BCUT2D eigenvalue weighted by molar-refractivity contribution is -0.111. The molecule has 0 spiro atoms. The van der Waals surface area contributed by atoms with Gasteiger partial charge in [-0.25, -0.2) is 0 Å². The molecular weight excluding hydrogens is 368 g/mol. The number of carbonyl (C=O) groups excluding carboxylic acids is 1. The largest absolute Gasteiger partial charge is 0.410 e. The zero-order valence-electron chi connectivity index (χ0n) is 15.6. The highest BCUT2D eigenvalue weighted by atomic mass is 79.9. The molecule has 0 aromatic carbocycles. The quantitative estimate of drug-likeness (QED) is 0.271. The summed E-state index contributed by atoms with van der Waals surface area (Å²) in [5.74, 6) is -0.0158. The summed E-state index contributed by atoms with van der Waals surface area (Å²) in [7, 11) is -1.87. The lowest BCUT2D eigenvalue weighted by Crippen LogP contribution is -2.43. The van der Waals surface area contributed by atoms with Gasteiger partial charge in [0.1, 0.15) is 0 Å². The molecule has 0 unspecified atom stereocenters. The van der Waals surface area contributed by atoms with Gasteiger partial charge in [0.05, 0.1) is 6.10 Å². The van der Waals surface area contributed by atoms with Crippen LogP contribution in [0.4, 0.5) is 0 Å². The van der Waals surface area contributed by atoms with Crippen molar-refractivity contribution >= 4 is 30.0 Å². The molecular formula is C19H31BrO2Si. The lowest BCUT2D eigenvalue weighted by Gasteiger charge is -2.38. The van der Waals surface area contributed by atoms with Crippen LogP contribution in [-0.4, -0.2) is 20.2 Å². The van der Waals surface area contributed by atoms with Crippen molar-refractivity contribution < 1.29 is 9.22 Å². The minimum atomic E-state index is -1.87. The maximum absolute atomic E-state index is 11.8. The van der Waals surface area contributed by atoms with Crippen LogP contribution in [-0.2, 0) is 9.22 Å². The topological polar surface area (TPSA) is 26.3 Å². The summed E-state index contributed by atoms with van der Waals surface area (Å²) in [5.41, 5.74) is 1.57. The van der Waals surface area contributed by atoms with E-state index in [1.807, 2.05) is 19.1 Å². The molecule has 0 saturated heterocycles. The van der Waals surface area contributed by atoms with Gasteiger partial charge in [0, 0.05) is 0 Å². The first-order valence-electron chi connectivity index (χ1n) is 7.89. The first-order valence-corrected chi connectivity index (χ1v) is 11.7. The van der Waals surface area contributed by atoms with Gasteiger partial charge < -0.3 is 4.43 Å². The molecule has 1 atom stereocenters. The van der Waals surface area contributed by atoms with Crippen molar-refractivity contribution in [2.24, 2.45) is 0 Å². The Bertz CT molecular complexity index is 508. The summed E-state index contributed by atoms with van der Waals surface area (Å²) in [6.45, 7) is 18.6. The fourth-order valence-corrected chi connectivity index (χ4v) is 3.11. The third kappa shape index (κ3) is 8.63. The van der Waals surface area contributed by atoms with Crippen LogP contribution in [0.25, 0.3) is 0 Å². The van der Waals surface area contributed by atoms with Crippen molar-refractivity contribution in [3.63, 3.8) is 0 Å². The Morgan fingerprint density at radius 1 is 1.26 bits per heavy atom. The molecule has 130 valence electrons. The van der Waals surface area contributed by atoms with Crippen LogP contribution >= 0.6 is 15.9 Å². The lowest BCUT2D eigenvalue weighted by atomic mass is 10.1. The number of hydrogen-bond acceptors (Lipinski definition) is 2. The Morgan fingerprint density at radius 3 is 2.26 bits per heavy atom. The second-order valence-electron chi connectivity index (χ2n) is 7.46. The molecule has 0 aromatic rings. The maximum Gasteiger partial charge on any atom is 0.192 e. The van der Waals surface area contributed by atoms with Crippen LogP contribution < -0.4 is 0 Å². The first kappa shape index (κ1) is 22.3. The van der Waals surface area contributed by atoms with Crippen LogP contribution in [0.2, 0.25) is 18.1 Å². The highest BCUT2D eigenvalue weighted by Gasteiger charge is 2.38. The molecule has 0 aromatic heterocycles. The Labute approximate surface area is 151 Å². The Kier molecular flexibility index (Phi) is 9.25. The molecule has 0 aliphatic carbocycles. The van der Waals surface area contributed by atoms with Crippen LogP contribution in [0.1, 0.15) is 41.0 Å². The number of halogens is 1. The summed E-state index contributed by atoms with van der Waals surface area (Å²) >= 11 is 3.26. The van der Waals surface area contributed by atoms with E-state index in [2.05, 4.69) is 62.5 Å². The molecule has 0 bridgehead atoms. The minimum Gasteiger partial charge on any atom is -0.410 e. The highest BCUT2D eigenvalue weighted by molar-refractivity contribution is 9.11. The van der Waals surface area contributed by atoms with E-state index in [0.29, 0.717) is 12.0 Å². The van der Waals surface area contributed by atoms with E-state index in [1.54, 1.807) is 18.0 Å². The monoisotopic (exact) mass is 398 g/mol. The summed E-state index contributed by atoms with van der Waals surface area (Å²) in [4.78, 5) is 13.6. The van der Waals surface area contributed by atoms with Crippen LogP contribution in [0, 0.1) is 0 Å². The van der Waals surface area contributed by atoms with E-state index in [1.165, 1.54) is 0 Å². The van der Waals surface area contributed by atoms with Crippen LogP contribution in [0.5, 0.6) is 0 Å². The van der Waals surface area contributed by atoms with Crippen molar-refractivity contribution in [1.82, 2.24) is 0 Å². The van der Waals surface area contributed by atoms with Crippen molar-refractivity contribution in [2.45, 2.75) is 65.3 Å². The average Bonchev–Trinajstić information content (AvgIpc) is 2.36.